The van der Waals surface area contributed by atoms with E-state index in [1.54, 1.807) is 0 Å². The smallest absolute Gasteiger partial charge is 0.123 e. The Morgan fingerprint density at radius 2 is 0.556 bits per heavy atom. The summed E-state index contributed by atoms with van der Waals surface area (Å²) in [6.45, 7) is 2.75. The third kappa shape index (κ3) is 245. The van der Waals surface area contributed by atoms with Crippen LogP contribution < -0.4 is 91.8 Å². The highest BCUT2D eigenvalue weighted by atomic mass is 79.9. The van der Waals surface area contributed by atoms with Crippen LogP contribution in [0.15, 0.2) is 0 Å². The van der Waals surface area contributed by atoms with Crippen LogP contribution in [0.4, 0.5) is 0 Å². The fourth-order valence-corrected chi connectivity index (χ4v) is 0. The predicted molar refractivity (Wildman–Crippen MR) is 27.0 cm³/mol. The Morgan fingerprint density at radius 3 is 0.556 bits per heavy atom. The van der Waals surface area contributed by atoms with Gasteiger partial charge in [0.15, 0.2) is 0 Å². The van der Waals surface area contributed by atoms with E-state index in [0.717, 1.165) is 0 Å². The maximum Gasteiger partial charge on any atom is 0.123 e. The highest BCUT2D eigenvalue weighted by Crippen LogP contribution is -0.0193. The van der Waals surface area contributed by atoms with Crippen LogP contribution in [0.3, 0.4) is 0 Å². The molecule has 0 aromatic rings. The van der Waals surface area contributed by atoms with Crippen molar-refractivity contribution in [1.82, 2.24) is 18.5 Å². The summed E-state index contributed by atoms with van der Waals surface area (Å²) in [5.41, 5.74) is 0. The van der Waals surface area contributed by atoms with E-state index in [9.17, 15) is 0 Å². The van der Waals surface area contributed by atoms with E-state index in [1.165, 1.54) is 0 Å². The molecule has 0 radical (unpaired) electrons. The molecule has 0 aliphatic rings. The van der Waals surface area contributed by atoms with E-state index in [1.807, 2.05) is 0 Å². The molecule has 0 aliphatic heterocycles. The van der Waals surface area contributed by atoms with Crippen LogP contribution in [-0.4, -0.2) is 6.72 Å². The second-order valence-electron chi connectivity index (χ2n) is 0. The van der Waals surface area contributed by atoms with E-state index in [0.29, 0.717) is 0 Å². The van der Waals surface area contributed by atoms with Crippen LogP contribution in [0.1, 0.15) is 0 Å². The molecule has 0 aromatic heterocycles. The Hall–Kier alpha value is 1.47. The number of hydrogen-bond acceptors (Lipinski definition) is 0. The molecule has 0 unspecified atom stereocenters. The second kappa shape index (κ2) is 314. The van der Waals surface area contributed by atoms with Gasteiger partial charge >= 0.3 is 0 Å². The van der Waals surface area contributed by atoms with Crippen LogP contribution in [0, 0.1) is 0 Å². The van der Waals surface area contributed by atoms with Crippen molar-refractivity contribution in [2.45, 2.75) is 0 Å². The Morgan fingerprint density at radius 1 is 0.556 bits per heavy atom. The minimum atomic E-state index is 0. The van der Waals surface area contributed by atoms with Crippen LogP contribution in [0.25, 0.3) is 0 Å². The molecular formula is CH16Br4N4. The van der Waals surface area contributed by atoms with Gasteiger partial charge in [-0.1, -0.05) is 0 Å². The standard InChI is InChI=1S/CH3N.4BrH.3H3N/c1-2;;;;;;;/h2H,1H2;4*1H;3*1H3. The highest BCUT2D eigenvalue weighted by Gasteiger charge is 0.662. The largest absolute Gasteiger partial charge is 1.00 e. The molecule has 0 atom stereocenters. The van der Waals surface area contributed by atoms with Crippen molar-refractivity contribution in [1.29, 1.82) is 0 Å². The molecule has 68 valence electrons. The van der Waals surface area contributed by atoms with Crippen LogP contribution in [0.5, 0.6) is 0 Å². The summed E-state index contributed by atoms with van der Waals surface area (Å²) in [6.07, 6.45) is 0. The number of rotatable bonds is 0. The van der Waals surface area contributed by atoms with Crippen molar-refractivity contribution in [3.63, 3.8) is 0 Å². The molecule has 0 heterocycles. The summed E-state index contributed by atoms with van der Waals surface area (Å²) >= 11 is 0. The highest BCUT2D eigenvalue weighted by molar-refractivity contribution is 5.10. The first-order valence-electron chi connectivity index (χ1n) is 0.408. The second-order valence-corrected chi connectivity index (χ2v) is 0. The summed E-state index contributed by atoms with van der Waals surface area (Å²) in [4.78, 5) is 0. The van der Waals surface area contributed by atoms with E-state index >= 15 is 0 Å². The van der Waals surface area contributed by atoms with Gasteiger partial charge in [0.2, 0.25) is 0 Å². The SMILES string of the molecule is C=[NH2+].[Br-].[Br-].[Br-].[Br-].[NH4+].[NH4+].[NH4+]. The van der Waals surface area contributed by atoms with Gasteiger partial charge in [0.25, 0.3) is 0 Å². The minimum Gasteiger partial charge on any atom is -1.00 e. The zero-order valence-electron chi connectivity index (χ0n) is 5.80. The van der Waals surface area contributed by atoms with Crippen molar-refractivity contribution < 1.29 is 73.3 Å². The molecule has 0 bridgehead atoms. The fraction of sp³-hybridized carbons (Fsp3) is 0. The Balaban J connectivity index is -0.000000000238. The van der Waals surface area contributed by atoms with Crippen LogP contribution in [0.2, 0.25) is 0 Å². The van der Waals surface area contributed by atoms with E-state index in [-0.39, 0.29) is 86.4 Å². The Kier molecular flexibility index (Phi) is 5380. The quantitative estimate of drug-likeness (QED) is 0.286. The summed E-state index contributed by atoms with van der Waals surface area (Å²) in [5, 5.41) is 4.25. The predicted octanol–water partition coefficient (Wildman–Crippen LogP) is -12.4. The summed E-state index contributed by atoms with van der Waals surface area (Å²) < 4.78 is 0. The molecule has 0 aliphatic carbocycles. The van der Waals surface area contributed by atoms with E-state index < -0.39 is 0 Å². The third-order valence-electron chi connectivity index (χ3n) is 0. The zero-order chi connectivity index (χ0) is 2.00. The molecule has 0 aromatic carbocycles. The van der Waals surface area contributed by atoms with Crippen molar-refractivity contribution in [2.75, 3.05) is 0 Å². The first kappa shape index (κ1) is 154. The monoisotopic (exact) mass is 400 g/mol. The summed E-state index contributed by atoms with van der Waals surface area (Å²) in [7, 11) is 0. The van der Waals surface area contributed by atoms with Gasteiger partial charge in [-0.25, -0.2) is 0 Å². The van der Waals surface area contributed by atoms with E-state index in [2.05, 4.69) is 12.1 Å². The normalized spacial score (nSPS) is 0.444. The van der Waals surface area contributed by atoms with Crippen molar-refractivity contribution >= 4 is 6.72 Å². The number of hydrogen-bond donors (Lipinski definition) is 4. The lowest BCUT2D eigenvalue weighted by molar-refractivity contribution is -0.0980. The first-order chi connectivity index (χ1) is 1.00. The van der Waals surface area contributed by atoms with Gasteiger partial charge < -0.3 is 86.4 Å². The van der Waals surface area contributed by atoms with Crippen LogP contribution >= 0.6 is 0 Å². The van der Waals surface area contributed by atoms with Gasteiger partial charge in [0.05, 0.1) is 0 Å². The summed E-state index contributed by atoms with van der Waals surface area (Å²) in [6, 6.07) is 0. The van der Waals surface area contributed by atoms with Gasteiger partial charge in [0, 0.05) is 0 Å². The lowest BCUT2D eigenvalue weighted by atomic mass is 11.8. The molecule has 0 fully saturated rings. The zero-order valence-corrected chi connectivity index (χ0v) is 12.1. The van der Waals surface area contributed by atoms with Gasteiger partial charge in [0.1, 0.15) is 6.72 Å². The van der Waals surface area contributed by atoms with Gasteiger partial charge in [-0.3, -0.25) is 5.41 Å². The fourth-order valence-electron chi connectivity index (χ4n) is 0. The molecule has 0 spiro atoms. The number of halogens is 4. The third-order valence-corrected chi connectivity index (χ3v) is 0. The maximum absolute atomic E-state index is 4.25. The number of quaternary nitrogens is 3. The average Bonchev–Trinajstić information content (AvgIpc) is 1.00. The minimum absolute atomic E-state index is 0. The molecule has 9 heavy (non-hydrogen) atoms. The molecule has 0 saturated carbocycles. The molecule has 14 N–H and O–H groups in total. The number of nitrogens with two attached hydrogens (primary N) is 1. The van der Waals surface area contributed by atoms with Crippen molar-refractivity contribution in [3.05, 3.63) is 0 Å². The first-order valence-corrected chi connectivity index (χ1v) is 0.408. The van der Waals surface area contributed by atoms with E-state index in [4.69, 9.17) is 0 Å². The molecule has 0 rings (SSSR count). The molecular weight excluding hydrogens is 388 g/mol. The Bertz CT molecular complexity index is 12.5. The Labute approximate surface area is 97.9 Å². The van der Waals surface area contributed by atoms with Crippen LogP contribution in [-0.2, 0) is 0 Å². The maximum atomic E-state index is 4.25. The molecule has 8 heteroatoms. The van der Waals surface area contributed by atoms with Crippen molar-refractivity contribution in [3.8, 4) is 0 Å². The van der Waals surface area contributed by atoms with Gasteiger partial charge in [-0.15, -0.1) is 0 Å². The van der Waals surface area contributed by atoms with Crippen molar-refractivity contribution in [2.24, 2.45) is 0 Å². The lowest BCUT2D eigenvalue weighted by Gasteiger charge is -1.00. The topological polar surface area (TPSA) is 135 Å². The lowest BCUT2D eigenvalue weighted by Crippen LogP contribution is -3.00. The molecule has 4 nitrogen and oxygen atoms in total. The summed E-state index contributed by atoms with van der Waals surface area (Å²) in [5.74, 6) is 0. The van der Waals surface area contributed by atoms with Gasteiger partial charge in [-0.05, 0) is 0 Å². The van der Waals surface area contributed by atoms with Gasteiger partial charge in [-0.2, -0.15) is 0 Å². The molecule has 0 amide bonds. The molecule has 0 saturated heterocycles. The average molecular weight is 404 g/mol.